The molecule has 0 bridgehead atoms. The minimum Gasteiger partial charge on any atom is -0.384 e. The number of hydrogen-bond acceptors (Lipinski definition) is 3. The zero-order chi connectivity index (χ0) is 18.1. The summed E-state index contributed by atoms with van der Waals surface area (Å²) < 4.78 is 65.2. The summed E-state index contributed by atoms with van der Waals surface area (Å²) >= 11 is 0. The second kappa shape index (κ2) is 6.42. The topological polar surface area (TPSA) is 59.2 Å². The average molecular weight is 345 g/mol. The third-order valence-corrected chi connectivity index (χ3v) is 3.20. The molecule has 0 aliphatic rings. The Bertz CT molecular complexity index is 736. The summed E-state index contributed by atoms with van der Waals surface area (Å²) in [4.78, 5) is 16.9. The summed E-state index contributed by atoms with van der Waals surface area (Å²) in [6, 6.07) is 3.22. The second-order valence-electron chi connectivity index (χ2n) is 5.07. The van der Waals surface area contributed by atoms with Crippen molar-refractivity contribution in [3.63, 3.8) is 0 Å². The minimum atomic E-state index is -4.91. The monoisotopic (exact) mass is 345 g/mol. The van der Waals surface area contributed by atoms with Gasteiger partial charge in [-0.05, 0) is 23.8 Å². The largest absolute Gasteiger partial charge is 0.416 e. The van der Waals surface area contributed by atoms with Gasteiger partial charge in [-0.3, -0.25) is 4.79 Å². The zero-order valence-corrected chi connectivity index (χ0v) is 12.4. The van der Waals surface area contributed by atoms with Crippen LogP contribution in [0.5, 0.6) is 0 Å². The molecule has 0 atom stereocenters. The quantitative estimate of drug-likeness (QED) is 0.869. The highest BCUT2D eigenvalue weighted by molar-refractivity contribution is 5.94. The van der Waals surface area contributed by atoms with E-state index in [-0.39, 0.29) is 24.5 Å². The Labute approximate surface area is 133 Å². The lowest BCUT2D eigenvalue weighted by molar-refractivity contribution is -0.138. The van der Waals surface area contributed by atoms with Gasteiger partial charge in [-0.25, -0.2) is 13.8 Å². The van der Waals surface area contributed by atoms with Gasteiger partial charge in [-0.15, -0.1) is 0 Å². The Morgan fingerprint density at radius 3 is 2.25 bits per heavy atom. The van der Waals surface area contributed by atoms with Crippen LogP contribution in [0.3, 0.4) is 0 Å². The van der Waals surface area contributed by atoms with E-state index in [9.17, 15) is 26.7 Å². The molecule has 1 amide bonds. The van der Waals surface area contributed by atoms with Crippen molar-refractivity contribution < 1.29 is 26.7 Å². The van der Waals surface area contributed by atoms with Crippen LogP contribution in [0.4, 0.5) is 27.8 Å². The van der Waals surface area contributed by atoms with E-state index in [4.69, 9.17) is 5.73 Å². The standard InChI is InChI=1S/C15H12F5N3O/c1-23(7-8-2-3-12(21)22-6-8)14(24)13-10(16)4-9(5-11(13)17)15(18,19)20/h2-6H,7H2,1H3,(H2,21,22). The van der Waals surface area contributed by atoms with E-state index in [1.807, 2.05) is 0 Å². The molecule has 2 aromatic rings. The van der Waals surface area contributed by atoms with E-state index in [2.05, 4.69) is 4.98 Å². The zero-order valence-electron chi connectivity index (χ0n) is 12.4. The number of nitrogen functional groups attached to an aromatic ring is 1. The Kier molecular flexibility index (Phi) is 4.72. The molecular weight excluding hydrogens is 333 g/mol. The summed E-state index contributed by atoms with van der Waals surface area (Å²) in [5.74, 6) is -3.98. The number of alkyl halides is 3. The summed E-state index contributed by atoms with van der Waals surface area (Å²) in [6.07, 6.45) is -3.54. The predicted octanol–water partition coefficient (Wildman–Crippen LogP) is 3.23. The van der Waals surface area contributed by atoms with E-state index in [1.54, 1.807) is 6.07 Å². The number of rotatable bonds is 3. The predicted molar refractivity (Wildman–Crippen MR) is 75.8 cm³/mol. The van der Waals surface area contributed by atoms with Crippen LogP contribution in [0, 0.1) is 11.6 Å². The number of hydrogen-bond donors (Lipinski definition) is 1. The number of halogens is 5. The van der Waals surface area contributed by atoms with Crippen LogP contribution in [0.15, 0.2) is 30.5 Å². The highest BCUT2D eigenvalue weighted by Crippen LogP contribution is 2.31. The Balaban J connectivity index is 2.27. The SMILES string of the molecule is CN(Cc1ccc(N)nc1)C(=O)c1c(F)cc(C(F)(F)F)cc1F. The van der Waals surface area contributed by atoms with Gasteiger partial charge in [0.1, 0.15) is 23.0 Å². The first kappa shape index (κ1) is 17.6. The van der Waals surface area contributed by atoms with E-state index in [0.29, 0.717) is 5.56 Å². The number of benzene rings is 1. The fraction of sp³-hybridized carbons (Fsp3) is 0.200. The molecule has 24 heavy (non-hydrogen) atoms. The van der Waals surface area contributed by atoms with Crippen LogP contribution in [-0.2, 0) is 12.7 Å². The molecule has 0 saturated heterocycles. The van der Waals surface area contributed by atoms with Crippen molar-refractivity contribution in [2.75, 3.05) is 12.8 Å². The number of carbonyl (C=O) groups excluding carboxylic acids is 1. The molecule has 1 heterocycles. The molecule has 0 aliphatic heterocycles. The number of anilines is 1. The fourth-order valence-corrected chi connectivity index (χ4v) is 2.01. The maximum Gasteiger partial charge on any atom is 0.416 e. The van der Waals surface area contributed by atoms with Crippen LogP contribution in [-0.4, -0.2) is 22.8 Å². The maximum absolute atomic E-state index is 13.8. The first-order valence-electron chi connectivity index (χ1n) is 6.61. The molecule has 9 heteroatoms. The van der Waals surface area contributed by atoms with Crippen molar-refractivity contribution in [2.24, 2.45) is 0 Å². The number of pyridine rings is 1. The second-order valence-corrected chi connectivity index (χ2v) is 5.07. The van der Waals surface area contributed by atoms with Crippen molar-refractivity contribution in [3.8, 4) is 0 Å². The minimum absolute atomic E-state index is 0.0496. The van der Waals surface area contributed by atoms with Crippen LogP contribution in [0.2, 0.25) is 0 Å². The Morgan fingerprint density at radius 1 is 1.21 bits per heavy atom. The number of carbonyl (C=O) groups is 1. The fourth-order valence-electron chi connectivity index (χ4n) is 2.01. The van der Waals surface area contributed by atoms with Gasteiger partial charge in [0, 0.05) is 19.8 Å². The van der Waals surface area contributed by atoms with Gasteiger partial charge in [0.15, 0.2) is 0 Å². The van der Waals surface area contributed by atoms with Crippen molar-refractivity contribution in [1.29, 1.82) is 0 Å². The number of aromatic nitrogens is 1. The van der Waals surface area contributed by atoms with E-state index >= 15 is 0 Å². The highest BCUT2D eigenvalue weighted by Gasteiger charge is 2.34. The average Bonchev–Trinajstić information content (AvgIpc) is 2.47. The molecular formula is C15H12F5N3O. The lowest BCUT2D eigenvalue weighted by Crippen LogP contribution is -2.28. The molecule has 4 nitrogen and oxygen atoms in total. The van der Waals surface area contributed by atoms with Crippen LogP contribution in [0.1, 0.15) is 21.5 Å². The molecule has 0 aliphatic carbocycles. The molecule has 0 fully saturated rings. The number of amides is 1. The van der Waals surface area contributed by atoms with E-state index < -0.39 is 34.8 Å². The van der Waals surface area contributed by atoms with E-state index in [0.717, 1.165) is 4.90 Å². The highest BCUT2D eigenvalue weighted by atomic mass is 19.4. The first-order chi connectivity index (χ1) is 11.1. The van der Waals surface area contributed by atoms with Gasteiger partial charge in [-0.2, -0.15) is 13.2 Å². The maximum atomic E-state index is 13.8. The van der Waals surface area contributed by atoms with Gasteiger partial charge in [0.2, 0.25) is 0 Å². The van der Waals surface area contributed by atoms with E-state index in [1.165, 1.54) is 19.3 Å². The van der Waals surface area contributed by atoms with Gasteiger partial charge >= 0.3 is 6.18 Å². The molecule has 1 aromatic heterocycles. The lowest BCUT2D eigenvalue weighted by Gasteiger charge is -2.18. The van der Waals surface area contributed by atoms with Crippen molar-refractivity contribution in [3.05, 3.63) is 58.8 Å². The molecule has 0 spiro atoms. The third-order valence-electron chi connectivity index (χ3n) is 3.20. The molecule has 0 radical (unpaired) electrons. The summed E-state index contributed by atoms with van der Waals surface area (Å²) in [5, 5.41) is 0. The summed E-state index contributed by atoms with van der Waals surface area (Å²) in [7, 11) is 1.26. The van der Waals surface area contributed by atoms with Gasteiger partial charge in [0.25, 0.3) is 5.91 Å². The van der Waals surface area contributed by atoms with Gasteiger partial charge in [-0.1, -0.05) is 6.07 Å². The van der Waals surface area contributed by atoms with Gasteiger partial charge in [0.05, 0.1) is 5.56 Å². The van der Waals surface area contributed by atoms with Crippen LogP contribution >= 0.6 is 0 Å². The Hall–Kier alpha value is -2.71. The third kappa shape index (κ3) is 3.79. The normalized spacial score (nSPS) is 11.4. The van der Waals surface area contributed by atoms with Crippen LogP contribution < -0.4 is 5.73 Å². The summed E-state index contributed by atoms with van der Waals surface area (Å²) in [6.45, 7) is -0.0496. The smallest absolute Gasteiger partial charge is 0.384 e. The Morgan fingerprint density at radius 2 is 1.79 bits per heavy atom. The summed E-state index contributed by atoms with van der Waals surface area (Å²) in [5.41, 5.74) is 3.40. The number of nitrogens with two attached hydrogens (primary N) is 1. The molecule has 2 rings (SSSR count). The lowest BCUT2D eigenvalue weighted by atomic mass is 10.1. The number of nitrogens with zero attached hydrogens (tertiary/aromatic N) is 2. The molecule has 0 saturated carbocycles. The molecule has 2 N–H and O–H groups in total. The van der Waals surface area contributed by atoms with Crippen molar-refractivity contribution in [1.82, 2.24) is 9.88 Å². The van der Waals surface area contributed by atoms with Gasteiger partial charge < -0.3 is 10.6 Å². The van der Waals surface area contributed by atoms with Crippen molar-refractivity contribution >= 4 is 11.7 Å². The first-order valence-corrected chi connectivity index (χ1v) is 6.61. The molecule has 1 aromatic carbocycles. The van der Waals surface area contributed by atoms with Crippen molar-refractivity contribution in [2.45, 2.75) is 12.7 Å². The molecule has 128 valence electrons. The molecule has 0 unspecified atom stereocenters. The van der Waals surface area contributed by atoms with Crippen LogP contribution in [0.25, 0.3) is 0 Å².